The van der Waals surface area contributed by atoms with Crippen molar-refractivity contribution < 1.29 is 0 Å². The van der Waals surface area contributed by atoms with Gasteiger partial charge in [0, 0.05) is 10.6 Å². The molecule has 0 aliphatic heterocycles. The third-order valence-corrected chi connectivity index (χ3v) is 3.57. The highest BCUT2D eigenvalue weighted by Gasteiger charge is 2.12. The fraction of sp³-hybridized carbons (Fsp3) is 0.231. The zero-order chi connectivity index (χ0) is 13.3. The quantitative estimate of drug-likeness (QED) is 0.907. The summed E-state index contributed by atoms with van der Waals surface area (Å²) in [5.41, 5.74) is 1.42. The highest BCUT2D eigenvalue weighted by Crippen LogP contribution is 2.23. The van der Waals surface area contributed by atoms with Crippen LogP contribution in [-0.4, -0.2) is 9.97 Å². The van der Waals surface area contributed by atoms with E-state index < -0.39 is 0 Å². The minimum absolute atomic E-state index is 0.168. The summed E-state index contributed by atoms with van der Waals surface area (Å²) in [6.45, 7) is 4.00. The normalized spacial score (nSPS) is 10.9. The van der Waals surface area contributed by atoms with E-state index in [1.54, 1.807) is 12.1 Å². The van der Waals surface area contributed by atoms with Crippen LogP contribution in [0, 0.1) is 0 Å². The predicted octanol–water partition coefficient (Wildman–Crippen LogP) is 3.98. The van der Waals surface area contributed by atoms with Gasteiger partial charge in [0.1, 0.15) is 10.3 Å². The van der Waals surface area contributed by atoms with E-state index in [9.17, 15) is 4.79 Å². The van der Waals surface area contributed by atoms with E-state index in [2.05, 4.69) is 25.9 Å². The summed E-state index contributed by atoms with van der Waals surface area (Å²) in [6.07, 6.45) is 0. The van der Waals surface area contributed by atoms with Crippen LogP contribution in [0.5, 0.6) is 0 Å². The second-order valence-electron chi connectivity index (χ2n) is 4.28. The molecule has 0 aliphatic rings. The molecule has 0 radical (unpaired) electrons. The van der Waals surface area contributed by atoms with Crippen LogP contribution in [0.15, 0.2) is 33.5 Å². The molecule has 1 aromatic heterocycles. The maximum absolute atomic E-state index is 11.8. The van der Waals surface area contributed by atoms with Crippen molar-refractivity contribution in [3.8, 4) is 11.4 Å². The first-order valence-electron chi connectivity index (χ1n) is 5.54. The van der Waals surface area contributed by atoms with Gasteiger partial charge >= 0.3 is 0 Å². The van der Waals surface area contributed by atoms with E-state index in [0.29, 0.717) is 15.3 Å². The molecule has 0 atom stereocenters. The Morgan fingerprint density at radius 1 is 1.28 bits per heavy atom. The molecular weight excluding hydrogens is 316 g/mol. The monoisotopic (exact) mass is 326 g/mol. The number of aromatic nitrogens is 2. The second-order valence-corrected chi connectivity index (χ2v) is 5.50. The van der Waals surface area contributed by atoms with Crippen LogP contribution in [0.3, 0.4) is 0 Å². The number of hydrogen-bond donors (Lipinski definition) is 1. The van der Waals surface area contributed by atoms with Gasteiger partial charge in [0.05, 0.1) is 5.69 Å². The van der Waals surface area contributed by atoms with Crippen molar-refractivity contribution in [2.45, 2.75) is 19.8 Å². The summed E-state index contributed by atoms with van der Waals surface area (Å²) in [7, 11) is 0. The number of benzene rings is 1. The number of nitrogens with one attached hydrogen (secondary N) is 1. The molecule has 0 bridgehead atoms. The van der Waals surface area contributed by atoms with Gasteiger partial charge in [0.2, 0.25) is 0 Å². The first kappa shape index (κ1) is 13.3. The summed E-state index contributed by atoms with van der Waals surface area (Å²) < 4.78 is 0.496. The van der Waals surface area contributed by atoms with Crippen LogP contribution in [0.2, 0.25) is 5.02 Å². The van der Waals surface area contributed by atoms with Gasteiger partial charge in [-0.1, -0.05) is 25.4 Å². The van der Waals surface area contributed by atoms with Gasteiger partial charge in [0.15, 0.2) is 0 Å². The van der Waals surface area contributed by atoms with Gasteiger partial charge in [-0.2, -0.15) is 0 Å². The topological polar surface area (TPSA) is 45.8 Å². The third kappa shape index (κ3) is 2.65. The molecule has 0 aliphatic carbocycles. The van der Waals surface area contributed by atoms with Gasteiger partial charge in [-0.15, -0.1) is 0 Å². The summed E-state index contributed by atoms with van der Waals surface area (Å²) in [5.74, 6) is 0.733. The smallest absolute Gasteiger partial charge is 0.265 e. The Morgan fingerprint density at radius 3 is 2.44 bits per heavy atom. The molecule has 2 aromatic rings. The van der Waals surface area contributed by atoms with Crippen molar-refractivity contribution in [2.24, 2.45) is 0 Å². The largest absolute Gasteiger partial charge is 0.306 e. The average Bonchev–Trinajstić information content (AvgIpc) is 2.33. The molecule has 1 N–H and O–H groups in total. The molecule has 0 saturated heterocycles. The molecule has 2 rings (SSSR count). The van der Waals surface area contributed by atoms with E-state index in [1.165, 1.54) is 0 Å². The lowest BCUT2D eigenvalue weighted by Crippen LogP contribution is -2.14. The summed E-state index contributed by atoms with van der Waals surface area (Å²) >= 11 is 9.11. The molecular formula is C13H12BrClN2O. The number of nitrogens with zero attached hydrogens (tertiary/aromatic N) is 1. The predicted molar refractivity (Wildman–Crippen MR) is 77.1 cm³/mol. The molecule has 0 saturated carbocycles. The Morgan fingerprint density at radius 2 is 1.89 bits per heavy atom. The first-order chi connectivity index (χ1) is 8.49. The fourth-order valence-electron chi connectivity index (χ4n) is 1.60. The van der Waals surface area contributed by atoms with Crippen molar-refractivity contribution in [3.63, 3.8) is 0 Å². The lowest BCUT2D eigenvalue weighted by atomic mass is 10.1. The van der Waals surface area contributed by atoms with Crippen molar-refractivity contribution in [1.29, 1.82) is 0 Å². The third-order valence-electron chi connectivity index (χ3n) is 2.55. The standard InChI is InChI=1S/C13H12BrClN2O/c1-7(2)11-10(14)13(18)17-12(16-11)8-3-5-9(15)6-4-8/h3-7H,1-2H3,(H,16,17,18). The van der Waals surface area contributed by atoms with Crippen molar-refractivity contribution in [1.82, 2.24) is 9.97 Å². The highest BCUT2D eigenvalue weighted by molar-refractivity contribution is 9.10. The number of halogens is 2. The van der Waals surface area contributed by atoms with Crippen LogP contribution in [0.1, 0.15) is 25.5 Å². The second kappa shape index (κ2) is 5.24. The Labute approximate surface area is 118 Å². The Balaban J connectivity index is 2.59. The average molecular weight is 328 g/mol. The van der Waals surface area contributed by atoms with Gasteiger partial charge in [0.25, 0.3) is 5.56 Å². The maximum Gasteiger partial charge on any atom is 0.265 e. The zero-order valence-electron chi connectivity index (χ0n) is 10.00. The maximum atomic E-state index is 11.8. The van der Waals surface area contributed by atoms with Crippen molar-refractivity contribution in [2.75, 3.05) is 0 Å². The number of aromatic amines is 1. The number of hydrogen-bond acceptors (Lipinski definition) is 2. The summed E-state index contributed by atoms with van der Waals surface area (Å²) in [4.78, 5) is 19.1. The van der Waals surface area contributed by atoms with Crippen molar-refractivity contribution >= 4 is 27.5 Å². The highest BCUT2D eigenvalue weighted by atomic mass is 79.9. The van der Waals surface area contributed by atoms with Crippen LogP contribution in [0.25, 0.3) is 11.4 Å². The Hall–Kier alpha value is -1.13. The number of rotatable bonds is 2. The molecule has 0 fully saturated rings. The van der Waals surface area contributed by atoms with Crippen LogP contribution in [-0.2, 0) is 0 Å². The Bertz CT molecular complexity index is 620. The molecule has 1 aromatic carbocycles. The molecule has 0 unspecified atom stereocenters. The minimum Gasteiger partial charge on any atom is -0.306 e. The van der Waals surface area contributed by atoms with E-state index in [-0.39, 0.29) is 11.5 Å². The minimum atomic E-state index is -0.168. The Kier molecular flexibility index (Phi) is 3.88. The lowest BCUT2D eigenvalue weighted by Gasteiger charge is -2.09. The zero-order valence-corrected chi connectivity index (χ0v) is 12.3. The summed E-state index contributed by atoms with van der Waals surface area (Å²) in [6, 6.07) is 7.21. The SMILES string of the molecule is CC(C)c1nc(-c2ccc(Cl)cc2)[nH]c(=O)c1Br. The van der Waals surface area contributed by atoms with E-state index >= 15 is 0 Å². The fourth-order valence-corrected chi connectivity index (χ4v) is 2.37. The molecule has 94 valence electrons. The van der Waals surface area contributed by atoms with Gasteiger partial charge < -0.3 is 4.98 Å². The molecule has 0 spiro atoms. The summed E-state index contributed by atoms with van der Waals surface area (Å²) in [5, 5.41) is 0.655. The molecule has 18 heavy (non-hydrogen) atoms. The van der Waals surface area contributed by atoms with E-state index in [4.69, 9.17) is 11.6 Å². The lowest BCUT2D eigenvalue weighted by molar-refractivity contribution is 0.803. The van der Waals surface area contributed by atoms with E-state index in [1.807, 2.05) is 26.0 Å². The van der Waals surface area contributed by atoms with Crippen LogP contribution < -0.4 is 5.56 Å². The van der Waals surface area contributed by atoms with Crippen LogP contribution >= 0.6 is 27.5 Å². The molecule has 5 heteroatoms. The van der Waals surface area contributed by atoms with Gasteiger partial charge in [-0.3, -0.25) is 4.79 Å². The molecule has 3 nitrogen and oxygen atoms in total. The van der Waals surface area contributed by atoms with Gasteiger partial charge in [-0.25, -0.2) is 4.98 Å². The van der Waals surface area contributed by atoms with Crippen LogP contribution in [0.4, 0.5) is 0 Å². The van der Waals surface area contributed by atoms with E-state index in [0.717, 1.165) is 11.3 Å². The molecule has 0 amide bonds. The molecule has 1 heterocycles. The number of H-pyrrole nitrogens is 1. The van der Waals surface area contributed by atoms with Crippen molar-refractivity contribution in [3.05, 3.63) is 49.8 Å². The first-order valence-corrected chi connectivity index (χ1v) is 6.72. The van der Waals surface area contributed by atoms with Gasteiger partial charge in [-0.05, 0) is 46.1 Å².